The van der Waals surface area contributed by atoms with Crippen molar-refractivity contribution < 1.29 is 5.48 Å². The second-order valence-electron chi connectivity index (χ2n) is 6.35. The number of nitrogens with two attached hydrogens (primary N) is 3. The maximum absolute atomic E-state index is 6.11. The zero-order valence-corrected chi connectivity index (χ0v) is 21.6. The van der Waals surface area contributed by atoms with Crippen LogP contribution in [0.4, 0.5) is 10.3 Å². The fraction of sp³-hybridized carbons (Fsp3) is 0.0952. The smallest absolute Gasteiger partial charge is 0.203 e. The van der Waals surface area contributed by atoms with Gasteiger partial charge in [0.05, 0.1) is 11.4 Å². The number of nitrogens with one attached hydrogen (secondary N) is 2. The van der Waals surface area contributed by atoms with Gasteiger partial charge in [-0.3, -0.25) is 22.5 Å². The molecule has 0 saturated carbocycles. The van der Waals surface area contributed by atoms with Crippen LogP contribution in [0.15, 0.2) is 64.4 Å². The molecule has 0 aliphatic heterocycles. The largest absolute Gasteiger partial charge is 0.412 e. The lowest BCUT2D eigenvalue weighted by molar-refractivity contribution is 0.824. The van der Waals surface area contributed by atoms with Gasteiger partial charge in [0.15, 0.2) is 5.13 Å². The highest BCUT2D eigenvalue weighted by molar-refractivity contribution is 7.14. The van der Waals surface area contributed by atoms with E-state index in [9.17, 15) is 0 Å². The molecule has 34 heavy (non-hydrogen) atoms. The Hall–Kier alpha value is -2.61. The van der Waals surface area contributed by atoms with Crippen molar-refractivity contribution in [2.45, 2.75) is 13.8 Å². The molecular formula is C21H26Cl2N8OS2. The predicted molar refractivity (Wildman–Crippen MR) is 147 cm³/mol. The number of rotatable bonds is 5. The normalized spacial score (nSPS) is 9.38. The lowest BCUT2D eigenvalue weighted by atomic mass is 10.2. The molecule has 0 saturated heterocycles. The minimum absolute atomic E-state index is 0. The summed E-state index contributed by atoms with van der Waals surface area (Å²) in [4.78, 5) is 8.69. The Morgan fingerprint density at radius 2 is 1.26 bits per heavy atom. The minimum Gasteiger partial charge on any atom is -0.412 e. The molecule has 10 N–H and O–H groups in total. The molecule has 0 atom stereocenters. The van der Waals surface area contributed by atoms with Crippen LogP contribution in [-0.4, -0.2) is 21.2 Å². The van der Waals surface area contributed by atoms with Crippen LogP contribution in [0.3, 0.4) is 0 Å². The van der Waals surface area contributed by atoms with Gasteiger partial charge in [-0.15, -0.1) is 22.7 Å². The summed E-state index contributed by atoms with van der Waals surface area (Å²) in [5.41, 5.74) is 9.94. The van der Waals surface area contributed by atoms with E-state index in [1.54, 1.807) is 0 Å². The van der Waals surface area contributed by atoms with Crippen molar-refractivity contribution in [2.24, 2.45) is 22.6 Å². The van der Waals surface area contributed by atoms with E-state index in [1.807, 2.05) is 73.1 Å². The van der Waals surface area contributed by atoms with Gasteiger partial charge in [-0.25, -0.2) is 15.8 Å². The van der Waals surface area contributed by atoms with Crippen LogP contribution in [0.2, 0.25) is 10.0 Å². The van der Waals surface area contributed by atoms with Gasteiger partial charge in [0.25, 0.3) is 0 Å². The van der Waals surface area contributed by atoms with E-state index in [-0.39, 0.29) is 5.48 Å². The number of hydrogen-bond donors (Lipinski definition) is 5. The van der Waals surface area contributed by atoms with Gasteiger partial charge in [0.2, 0.25) is 5.13 Å². The SMILES string of the molecule is CC(C)=NNc1nc(-c2ccccc2Cl)cs1.NN.NNc1nc(-c2ccccc2Cl)cs1.O. The first-order chi connectivity index (χ1) is 16.0. The third-order valence-corrected chi connectivity index (χ3v) is 5.99. The molecule has 13 heteroatoms. The number of anilines is 2. The van der Waals surface area contributed by atoms with Gasteiger partial charge in [-0.1, -0.05) is 59.6 Å². The zero-order chi connectivity index (χ0) is 24.2. The van der Waals surface area contributed by atoms with E-state index in [0.29, 0.717) is 15.2 Å². The highest BCUT2D eigenvalue weighted by atomic mass is 35.5. The standard InChI is InChI=1S/C12H12ClN3S.C9H8ClN3S.H4N2.H2O/c1-8(2)15-16-12-14-11(7-17-12)9-5-3-4-6-10(9)13;10-7-4-2-1-3-6(7)8-5-14-9(12-8)13-11;1-2;/h3-7H,1-2H3,(H,14,16);1-5H,11H2,(H,12,13);1-2H2;1H2. The highest BCUT2D eigenvalue weighted by Crippen LogP contribution is 2.31. The Labute approximate surface area is 215 Å². The van der Waals surface area contributed by atoms with Crippen molar-refractivity contribution in [1.29, 1.82) is 0 Å². The van der Waals surface area contributed by atoms with Crippen LogP contribution >= 0.6 is 45.9 Å². The Kier molecular flexibility index (Phi) is 13.3. The van der Waals surface area contributed by atoms with Crippen LogP contribution in [0.25, 0.3) is 22.5 Å². The van der Waals surface area contributed by atoms with Gasteiger partial charge in [0, 0.05) is 37.6 Å². The number of hydrazone groups is 1. The van der Waals surface area contributed by atoms with Gasteiger partial charge in [-0.05, 0) is 26.0 Å². The number of aromatic nitrogens is 2. The maximum Gasteiger partial charge on any atom is 0.203 e. The number of benzene rings is 2. The number of hydrazine groups is 2. The summed E-state index contributed by atoms with van der Waals surface area (Å²) in [5, 5.41) is 10.8. The van der Waals surface area contributed by atoms with Crippen LogP contribution < -0.4 is 28.4 Å². The zero-order valence-electron chi connectivity index (χ0n) is 18.4. The quantitative estimate of drug-likeness (QED) is 0.134. The van der Waals surface area contributed by atoms with E-state index in [4.69, 9.17) is 29.0 Å². The molecular weight excluding hydrogens is 515 g/mol. The van der Waals surface area contributed by atoms with Crippen molar-refractivity contribution in [1.82, 2.24) is 9.97 Å². The Bertz CT molecular complexity index is 1180. The molecule has 2 heterocycles. The molecule has 9 nitrogen and oxygen atoms in total. The molecule has 2 aromatic carbocycles. The maximum atomic E-state index is 6.11. The van der Waals surface area contributed by atoms with Crippen molar-refractivity contribution in [3.8, 4) is 22.5 Å². The summed E-state index contributed by atoms with van der Waals surface area (Å²) in [6.07, 6.45) is 0. The van der Waals surface area contributed by atoms with E-state index in [1.165, 1.54) is 22.7 Å². The molecule has 0 spiro atoms. The first-order valence-electron chi connectivity index (χ1n) is 9.45. The van der Waals surface area contributed by atoms with Crippen molar-refractivity contribution in [3.63, 3.8) is 0 Å². The van der Waals surface area contributed by atoms with Gasteiger partial charge in [0.1, 0.15) is 0 Å². The fourth-order valence-corrected chi connectivity index (χ4v) is 4.15. The molecule has 182 valence electrons. The van der Waals surface area contributed by atoms with Crippen LogP contribution in [0, 0.1) is 0 Å². The second-order valence-corrected chi connectivity index (χ2v) is 8.88. The van der Waals surface area contributed by atoms with Gasteiger partial charge < -0.3 is 5.48 Å². The van der Waals surface area contributed by atoms with Crippen molar-refractivity contribution in [2.75, 3.05) is 10.9 Å². The topological polar surface area (TPSA) is 172 Å². The lowest BCUT2D eigenvalue weighted by Gasteiger charge is -1.99. The highest BCUT2D eigenvalue weighted by Gasteiger charge is 2.07. The molecule has 0 radical (unpaired) electrons. The van der Waals surface area contributed by atoms with Crippen molar-refractivity contribution in [3.05, 3.63) is 69.3 Å². The average molecular weight is 542 g/mol. The molecule has 0 aliphatic carbocycles. The van der Waals surface area contributed by atoms with Crippen LogP contribution in [0.1, 0.15) is 13.8 Å². The Morgan fingerprint density at radius 3 is 1.68 bits per heavy atom. The Balaban J connectivity index is 0.000000313. The van der Waals surface area contributed by atoms with E-state index in [0.717, 1.165) is 33.4 Å². The number of nitrogens with zero attached hydrogens (tertiary/aromatic N) is 3. The number of hydrogen-bond acceptors (Lipinski definition) is 10. The molecule has 0 amide bonds. The third-order valence-electron chi connectivity index (χ3n) is 3.81. The molecule has 0 bridgehead atoms. The summed E-state index contributed by atoms with van der Waals surface area (Å²) in [6, 6.07) is 15.2. The van der Waals surface area contributed by atoms with Gasteiger partial charge >= 0.3 is 0 Å². The molecule has 0 fully saturated rings. The van der Waals surface area contributed by atoms with Gasteiger partial charge in [-0.2, -0.15) is 5.10 Å². The van der Waals surface area contributed by atoms with Crippen LogP contribution in [0.5, 0.6) is 0 Å². The summed E-state index contributed by atoms with van der Waals surface area (Å²) < 4.78 is 0. The third kappa shape index (κ3) is 8.63. The number of halogens is 2. The monoisotopic (exact) mass is 540 g/mol. The van der Waals surface area contributed by atoms with Crippen LogP contribution in [-0.2, 0) is 0 Å². The van der Waals surface area contributed by atoms with E-state index >= 15 is 0 Å². The molecule has 0 aliphatic rings. The lowest BCUT2D eigenvalue weighted by Crippen LogP contribution is -2.05. The fourth-order valence-electron chi connectivity index (χ4n) is 2.41. The predicted octanol–water partition coefficient (Wildman–Crippen LogP) is 5.01. The second kappa shape index (κ2) is 15.3. The summed E-state index contributed by atoms with van der Waals surface area (Å²) in [5.74, 6) is 13.2. The van der Waals surface area contributed by atoms with Crippen molar-refractivity contribution >= 4 is 61.9 Å². The minimum atomic E-state index is 0. The Morgan fingerprint density at radius 1 is 0.824 bits per heavy atom. The number of thiazole rings is 2. The first-order valence-corrected chi connectivity index (χ1v) is 12.0. The summed E-state index contributed by atoms with van der Waals surface area (Å²) in [7, 11) is 0. The van der Waals surface area contributed by atoms with E-state index < -0.39 is 0 Å². The molecule has 2 aromatic heterocycles. The summed E-state index contributed by atoms with van der Waals surface area (Å²) >= 11 is 15.1. The molecule has 0 unspecified atom stereocenters. The average Bonchev–Trinajstić information content (AvgIpc) is 3.50. The summed E-state index contributed by atoms with van der Waals surface area (Å²) in [6.45, 7) is 3.85. The van der Waals surface area contributed by atoms with E-state index in [2.05, 4.69) is 37.6 Å². The molecule has 4 aromatic rings. The first kappa shape index (κ1) is 29.4. The number of nitrogen functional groups attached to an aromatic ring is 1. The molecule has 4 rings (SSSR count).